The molecule has 2 aromatic carbocycles. The van der Waals surface area contributed by atoms with E-state index >= 15 is 0 Å². The Bertz CT molecular complexity index is 1080. The average molecular weight is 520 g/mol. The summed E-state index contributed by atoms with van der Waals surface area (Å²) in [6.45, 7) is 8.83. The van der Waals surface area contributed by atoms with Crippen LogP contribution in [0.2, 0.25) is 0 Å². The fourth-order valence-corrected chi connectivity index (χ4v) is 3.71. The van der Waals surface area contributed by atoms with Crippen molar-refractivity contribution in [1.29, 1.82) is 0 Å². The molecule has 0 amide bonds. The first-order valence-corrected chi connectivity index (χ1v) is 13.8. The standard InChI is InChI=1S/C27H37NO7S/c1-6-8-16-33-26-20-23(21(3)32-18-19-35-27(29)7-2)11-14-25(26)34-17-15-22-9-12-24(13-10-22)28(4)36(5,30)31/h7,9-14,20-21H,2,6,8,15-19H2,1,3-5H3. The monoisotopic (exact) mass is 519 g/mol. The molecule has 8 nitrogen and oxygen atoms in total. The summed E-state index contributed by atoms with van der Waals surface area (Å²) in [6, 6.07) is 13.1. The quantitative estimate of drug-likeness (QED) is 0.180. The minimum absolute atomic E-state index is 0.155. The molecule has 0 saturated heterocycles. The topological polar surface area (TPSA) is 91.4 Å². The first kappa shape index (κ1) is 29.2. The molecule has 1 unspecified atom stereocenters. The first-order valence-electron chi connectivity index (χ1n) is 12.0. The molecule has 0 aromatic heterocycles. The molecule has 1 atom stereocenters. The minimum atomic E-state index is -3.29. The van der Waals surface area contributed by atoms with Crippen LogP contribution in [0.5, 0.6) is 11.5 Å². The highest BCUT2D eigenvalue weighted by Crippen LogP contribution is 2.32. The molecule has 0 fully saturated rings. The van der Waals surface area contributed by atoms with Crippen LogP contribution >= 0.6 is 0 Å². The second kappa shape index (κ2) is 14.5. The van der Waals surface area contributed by atoms with Crippen LogP contribution in [0.4, 0.5) is 5.69 Å². The molecule has 2 aromatic rings. The summed E-state index contributed by atoms with van der Waals surface area (Å²) in [5, 5.41) is 0. The Kier molecular flexibility index (Phi) is 11.8. The zero-order valence-electron chi connectivity index (χ0n) is 21.6. The van der Waals surface area contributed by atoms with Crippen LogP contribution in [0.1, 0.15) is 43.9 Å². The van der Waals surface area contributed by atoms with Crippen molar-refractivity contribution in [2.24, 2.45) is 0 Å². The Morgan fingerprint density at radius 2 is 1.72 bits per heavy atom. The van der Waals surface area contributed by atoms with E-state index in [1.165, 1.54) is 17.6 Å². The highest BCUT2D eigenvalue weighted by atomic mass is 32.2. The summed E-state index contributed by atoms with van der Waals surface area (Å²) in [6.07, 6.45) is 4.67. The zero-order chi connectivity index (χ0) is 26.6. The van der Waals surface area contributed by atoms with Crippen molar-refractivity contribution < 1.29 is 32.2 Å². The van der Waals surface area contributed by atoms with Crippen LogP contribution in [-0.4, -0.2) is 54.1 Å². The number of nitrogens with zero attached hydrogens (tertiary/aromatic N) is 1. The van der Waals surface area contributed by atoms with Crippen LogP contribution in [0.3, 0.4) is 0 Å². The van der Waals surface area contributed by atoms with Crippen molar-refractivity contribution in [3.8, 4) is 11.5 Å². The van der Waals surface area contributed by atoms with Gasteiger partial charge in [-0.2, -0.15) is 0 Å². The Morgan fingerprint density at radius 3 is 2.36 bits per heavy atom. The number of hydrogen-bond donors (Lipinski definition) is 0. The second-order valence-corrected chi connectivity index (χ2v) is 10.3. The molecule has 0 aliphatic heterocycles. The third kappa shape index (κ3) is 9.54. The van der Waals surface area contributed by atoms with Crippen molar-refractivity contribution in [3.63, 3.8) is 0 Å². The molecule has 0 spiro atoms. The molecule has 0 aliphatic carbocycles. The van der Waals surface area contributed by atoms with Gasteiger partial charge >= 0.3 is 5.97 Å². The molecule has 0 aliphatic rings. The second-order valence-electron chi connectivity index (χ2n) is 8.29. The molecular formula is C27H37NO7S. The highest BCUT2D eigenvalue weighted by Gasteiger charge is 2.14. The lowest BCUT2D eigenvalue weighted by molar-refractivity contribution is -0.139. The molecule has 0 heterocycles. The Morgan fingerprint density at radius 1 is 1.03 bits per heavy atom. The van der Waals surface area contributed by atoms with Gasteiger partial charge in [-0.15, -0.1) is 0 Å². The highest BCUT2D eigenvalue weighted by molar-refractivity contribution is 7.92. The predicted octanol–water partition coefficient (Wildman–Crippen LogP) is 4.69. The summed E-state index contributed by atoms with van der Waals surface area (Å²) < 4.78 is 47.4. The number of sulfonamides is 1. The number of carbonyl (C=O) groups is 1. The van der Waals surface area contributed by atoms with Gasteiger partial charge in [0.1, 0.15) is 6.61 Å². The van der Waals surface area contributed by atoms with Crippen LogP contribution in [-0.2, 0) is 30.7 Å². The maximum atomic E-state index is 11.7. The Hall–Kier alpha value is -3.04. The fraction of sp³-hybridized carbons (Fsp3) is 0.444. The van der Waals surface area contributed by atoms with E-state index in [4.69, 9.17) is 18.9 Å². The van der Waals surface area contributed by atoms with Gasteiger partial charge < -0.3 is 18.9 Å². The number of ether oxygens (including phenoxy) is 4. The Balaban J connectivity index is 1.99. The number of benzene rings is 2. The number of carbonyl (C=O) groups excluding carboxylic acids is 1. The number of hydrogen-bond acceptors (Lipinski definition) is 7. The lowest BCUT2D eigenvalue weighted by atomic mass is 10.1. The van der Waals surface area contributed by atoms with Crippen molar-refractivity contribution in [3.05, 3.63) is 66.2 Å². The predicted molar refractivity (Wildman–Crippen MR) is 141 cm³/mol. The van der Waals surface area contributed by atoms with E-state index in [2.05, 4.69) is 13.5 Å². The van der Waals surface area contributed by atoms with E-state index in [1.807, 2.05) is 37.3 Å². The van der Waals surface area contributed by atoms with Crippen LogP contribution in [0.25, 0.3) is 0 Å². The smallest absolute Gasteiger partial charge is 0.330 e. The summed E-state index contributed by atoms with van der Waals surface area (Å²) in [7, 11) is -1.77. The molecule has 2 rings (SSSR count). The first-order chi connectivity index (χ1) is 17.2. The van der Waals surface area contributed by atoms with Gasteiger partial charge in [0.15, 0.2) is 11.5 Å². The lowest BCUT2D eigenvalue weighted by Crippen LogP contribution is -2.24. The molecule has 198 valence electrons. The van der Waals surface area contributed by atoms with Crippen LogP contribution in [0.15, 0.2) is 55.1 Å². The van der Waals surface area contributed by atoms with Gasteiger partial charge in [0.25, 0.3) is 0 Å². The lowest BCUT2D eigenvalue weighted by Gasteiger charge is -2.18. The number of esters is 1. The number of anilines is 1. The summed E-state index contributed by atoms with van der Waals surface area (Å²) in [5.74, 6) is 0.826. The summed E-state index contributed by atoms with van der Waals surface area (Å²) in [5.41, 5.74) is 2.57. The molecule has 0 bridgehead atoms. The van der Waals surface area contributed by atoms with Gasteiger partial charge in [0.05, 0.1) is 37.9 Å². The van der Waals surface area contributed by atoms with Gasteiger partial charge in [-0.1, -0.05) is 38.1 Å². The van der Waals surface area contributed by atoms with Gasteiger partial charge in [-0.05, 0) is 48.7 Å². The summed E-state index contributed by atoms with van der Waals surface area (Å²) >= 11 is 0. The van der Waals surface area contributed by atoms with Crippen LogP contribution < -0.4 is 13.8 Å². The maximum Gasteiger partial charge on any atom is 0.330 e. The fourth-order valence-electron chi connectivity index (χ4n) is 3.20. The largest absolute Gasteiger partial charge is 0.490 e. The third-order valence-electron chi connectivity index (χ3n) is 5.50. The van der Waals surface area contributed by atoms with Gasteiger partial charge in [-0.25, -0.2) is 13.2 Å². The van der Waals surface area contributed by atoms with E-state index in [0.717, 1.165) is 30.0 Å². The van der Waals surface area contributed by atoms with Gasteiger partial charge in [0, 0.05) is 19.5 Å². The molecular weight excluding hydrogens is 482 g/mol. The average Bonchev–Trinajstić information content (AvgIpc) is 2.86. The van der Waals surface area contributed by atoms with E-state index in [9.17, 15) is 13.2 Å². The van der Waals surface area contributed by atoms with Gasteiger partial charge in [0.2, 0.25) is 10.0 Å². The van der Waals surface area contributed by atoms with E-state index in [-0.39, 0.29) is 19.3 Å². The SMILES string of the molecule is C=CC(=O)OCCOC(C)c1ccc(OCCc2ccc(N(C)S(C)(=O)=O)cc2)c(OCCCC)c1. The molecule has 9 heteroatoms. The van der Waals surface area contributed by atoms with Crippen molar-refractivity contribution in [2.45, 2.75) is 39.2 Å². The third-order valence-corrected chi connectivity index (χ3v) is 6.71. The minimum Gasteiger partial charge on any atom is -0.490 e. The molecule has 0 saturated carbocycles. The normalized spacial score (nSPS) is 12.0. The summed E-state index contributed by atoms with van der Waals surface area (Å²) in [4.78, 5) is 11.1. The van der Waals surface area contributed by atoms with Crippen LogP contribution in [0, 0.1) is 0 Å². The molecule has 0 radical (unpaired) electrons. The van der Waals surface area contributed by atoms with E-state index < -0.39 is 16.0 Å². The van der Waals surface area contributed by atoms with Crippen molar-refractivity contribution >= 4 is 21.7 Å². The number of unbranched alkanes of at least 4 members (excludes halogenated alkanes) is 1. The van der Waals surface area contributed by atoms with E-state index in [1.54, 1.807) is 12.1 Å². The zero-order valence-corrected chi connectivity index (χ0v) is 22.4. The molecule has 0 N–H and O–H groups in total. The maximum absolute atomic E-state index is 11.7. The molecule has 36 heavy (non-hydrogen) atoms. The van der Waals surface area contributed by atoms with Gasteiger partial charge in [-0.3, -0.25) is 4.31 Å². The Labute approximate surface area is 214 Å². The van der Waals surface area contributed by atoms with Crippen molar-refractivity contribution in [1.82, 2.24) is 0 Å². The number of rotatable bonds is 16. The van der Waals surface area contributed by atoms with Crippen molar-refractivity contribution in [2.75, 3.05) is 44.0 Å². The van der Waals surface area contributed by atoms with E-state index in [0.29, 0.717) is 36.8 Å².